The van der Waals surface area contributed by atoms with Gasteiger partial charge in [-0.3, -0.25) is 10.1 Å². The minimum Gasteiger partial charge on any atom is -0.361 e. The van der Waals surface area contributed by atoms with Crippen molar-refractivity contribution in [1.82, 2.24) is 19.7 Å². The number of thioether (sulfide) groups is 1. The maximum atomic E-state index is 11.1. The highest BCUT2D eigenvalue weighted by Crippen LogP contribution is 2.30. The summed E-state index contributed by atoms with van der Waals surface area (Å²) in [5.41, 5.74) is 4.30. The monoisotopic (exact) mass is 505 g/mol. The van der Waals surface area contributed by atoms with Crippen LogP contribution in [0.15, 0.2) is 102 Å². The summed E-state index contributed by atoms with van der Waals surface area (Å²) < 4.78 is 2.20. The summed E-state index contributed by atoms with van der Waals surface area (Å²) in [7, 11) is 0. The van der Waals surface area contributed by atoms with E-state index in [1.165, 1.54) is 21.9 Å². The Labute approximate surface area is 217 Å². The van der Waals surface area contributed by atoms with Gasteiger partial charge in [-0.05, 0) is 33.5 Å². The van der Waals surface area contributed by atoms with E-state index in [-0.39, 0.29) is 10.6 Å². The molecule has 6 aromatic rings. The predicted molar refractivity (Wildman–Crippen MR) is 147 cm³/mol. The summed E-state index contributed by atoms with van der Waals surface area (Å²) >= 11 is 1.62. The maximum Gasteiger partial charge on any atom is 0.271 e. The molecule has 0 aliphatic rings. The lowest BCUT2D eigenvalue weighted by atomic mass is 10.0. The molecule has 4 aromatic carbocycles. The van der Waals surface area contributed by atoms with E-state index >= 15 is 0 Å². The topological polar surface area (TPSA) is 89.6 Å². The van der Waals surface area contributed by atoms with Gasteiger partial charge in [0.15, 0.2) is 5.16 Å². The molecule has 0 saturated carbocycles. The van der Waals surface area contributed by atoms with Gasteiger partial charge in [0.25, 0.3) is 5.69 Å². The Morgan fingerprint density at radius 3 is 2.54 bits per heavy atom. The Hall–Kier alpha value is -4.43. The third-order valence-corrected chi connectivity index (χ3v) is 7.54. The van der Waals surface area contributed by atoms with Crippen LogP contribution in [0.4, 0.5) is 5.69 Å². The second-order valence-electron chi connectivity index (χ2n) is 8.88. The van der Waals surface area contributed by atoms with Gasteiger partial charge in [-0.1, -0.05) is 84.6 Å². The second kappa shape index (κ2) is 9.91. The summed E-state index contributed by atoms with van der Waals surface area (Å²) in [4.78, 5) is 13.9. The van der Waals surface area contributed by atoms with E-state index in [0.717, 1.165) is 27.4 Å². The molecular weight excluding hydrogens is 482 g/mol. The number of nitro benzene ring substituents is 1. The minimum absolute atomic E-state index is 0.0780. The highest BCUT2D eigenvalue weighted by Gasteiger charge is 2.17. The number of non-ortho nitro benzene ring substituents is 1. The van der Waals surface area contributed by atoms with Crippen LogP contribution in [0.2, 0.25) is 0 Å². The normalized spacial score (nSPS) is 11.4. The van der Waals surface area contributed by atoms with Gasteiger partial charge in [0.05, 0.1) is 17.0 Å². The average Bonchev–Trinajstić information content (AvgIpc) is 3.51. The number of hydrogen-bond donors (Lipinski definition) is 1. The van der Waals surface area contributed by atoms with E-state index in [0.29, 0.717) is 18.7 Å². The molecule has 8 heteroatoms. The van der Waals surface area contributed by atoms with Gasteiger partial charge in [-0.15, -0.1) is 10.2 Å². The van der Waals surface area contributed by atoms with Gasteiger partial charge in [0.2, 0.25) is 0 Å². The number of fused-ring (bicyclic) bond motifs is 2. The van der Waals surface area contributed by atoms with Crippen LogP contribution < -0.4 is 0 Å². The third kappa shape index (κ3) is 4.71. The van der Waals surface area contributed by atoms with E-state index in [4.69, 9.17) is 0 Å². The van der Waals surface area contributed by atoms with Gasteiger partial charge >= 0.3 is 0 Å². The van der Waals surface area contributed by atoms with Gasteiger partial charge in [-0.2, -0.15) is 0 Å². The van der Waals surface area contributed by atoms with Crippen LogP contribution in [0, 0.1) is 10.1 Å². The Morgan fingerprint density at radius 2 is 1.68 bits per heavy atom. The molecule has 0 atom stereocenters. The van der Waals surface area contributed by atoms with Gasteiger partial charge in [-0.25, -0.2) is 0 Å². The Kier molecular flexibility index (Phi) is 6.16. The van der Waals surface area contributed by atoms with Crippen molar-refractivity contribution in [3.8, 4) is 0 Å². The van der Waals surface area contributed by atoms with Crippen LogP contribution in [0.25, 0.3) is 21.7 Å². The van der Waals surface area contributed by atoms with Crippen molar-refractivity contribution in [2.75, 3.05) is 0 Å². The molecule has 0 aliphatic heterocycles. The molecule has 0 saturated heterocycles. The largest absolute Gasteiger partial charge is 0.361 e. The van der Waals surface area contributed by atoms with E-state index in [9.17, 15) is 10.1 Å². The number of nitrogens with one attached hydrogen (secondary N) is 1. The number of rotatable bonds is 8. The molecule has 0 spiro atoms. The summed E-state index contributed by atoms with van der Waals surface area (Å²) in [6, 6.07) is 30.0. The average molecular weight is 506 g/mol. The Bertz CT molecular complexity index is 1720. The van der Waals surface area contributed by atoms with Crippen LogP contribution >= 0.6 is 11.8 Å². The molecule has 37 heavy (non-hydrogen) atoms. The predicted octanol–water partition coefficient (Wildman–Crippen LogP) is 6.75. The molecule has 2 aromatic heterocycles. The fourth-order valence-corrected chi connectivity index (χ4v) is 5.60. The number of hydrogen-bond acceptors (Lipinski definition) is 5. The van der Waals surface area contributed by atoms with Crippen LogP contribution in [0.3, 0.4) is 0 Å². The molecule has 0 unspecified atom stereocenters. The molecule has 0 amide bonds. The molecule has 1 N–H and O–H groups in total. The maximum absolute atomic E-state index is 11.1. The number of H-pyrrole nitrogens is 1. The van der Waals surface area contributed by atoms with E-state index in [1.54, 1.807) is 30.0 Å². The quantitative estimate of drug-likeness (QED) is 0.140. The van der Waals surface area contributed by atoms with Crippen molar-refractivity contribution in [3.63, 3.8) is 0 Å². The Balaban J connectivity index is 1.31. The fourth-order valence-electron chi connectivity index (χ4n) is 4.65. The standard InChI is InChI=1S/C29H23N5O2S/c35-34(36)24-13-14-26-23(17-30-27(26)16-24)19-37-29-32-31-28(33(29)18-20-7-2-1-3-8-20)15-22-11-6-10-21-9-4-5-12-25(21)22/h1-14,16-17,30H,15,18-19H2. The molecule has 7 nitrogen and oxygen atoms in total. The van der Waals surface area contributed by atoms with Crippen LogP contribution in [0.1, 0.15) is 22.5 Å². The molecule has 0 radical (unpaired) electrons. The van der Waals surface area contributed by atoms with Crippen molar-refractivity contribution in [1.29, 1.82) is 0 Å². The first-order valence-electron chi connectivity index (χ1n) is 12.0. The fraction of sp³-hybridized carbons (Fsp3) is 0.103. The summed E-state index contributed by atoms with van der Waals surface area (Å²) in [6.07, 6.45) is 2.59. The first-order chi connectivity index (χ1) is 18.2. The van der Waals surface area contributed by atoms with Crippen LogP contribution in [-0.4, -0.2) is 24.7 Å². The molecule has 0 bridgehead atoms. The third-order valence-electron chi connectivity index (χ3n) is 6.52. The molecule has 0 aliphatic carbocycles. The number of aromatic amines is 1. The zero-order chi connectivity index (χ0) is 25.2. The molecule has 6 rings (SSSR count). The first kappa shape index (κ1) is 23.0. The van der Waals surface area contributed by atoms with Crippen molar-refractivity contribution in [3.05, 3.63) is 130 Å². The van der Waals surface area contributed by atoms with Crippen molar-refractivity contribution < 1.29 is 4.92 Å². The summed E-state index contributed by atoms with van der Waals surface area (Å²) in [6.45, 7) is 0.677. The van der Waals surface area contributed by atoms with Crippen LogP contribution in [0.5, 0.6) is 0 Å². The highest BCUT2D eigenvalue weighted by atomic mass is 32.2. The van der Waals surface area contributed by atoms with E-state index in [1.807, 2.05) is 24.4 Å². The number of nitro groups is 1. The lowest BCUT2D eigenvalue weighted by Gasteiger charge is -2.12. The van der Waals surface area contributed by atoms with Crippen molar-refractivity contribution in [2.24, 2.45) is 0 Å². The number of benzene rings is 4. The molecule has 2 heterocycles. The van der Waals surface area contributed by atoms with Gasteiger partial charge < -0.3 is 9.55 Å². The van der Waals surface area contributed by atoms with Crippen LogP contribution in [-0.2, 0) is 18.7 Å². The second-order valence-corrected chi connectivity index (χ2v) is 9.82. The molecule has 182 valence electrons. The zero-order valence-electron chi connectivity index (χ0n) is 19.9. The van der Waals surface area contributed by atoms with E-state index in [2.05, 4.69) is 74.3 Å². The van der Waals surface area contributed by atoms with Gasteiger partial charge in [0, 0.05) is 35.9 Å². The smallest absolute Gasteiger partial charge is 0.271 e. The van der Waals surface area contributed by atoms with Crippen molar-refractivity contribution >= 4 is 39.1 Å². The lowest BCUT2D eigenvalue weighted by molar-refractivity contribution is -0.384. The van der Waals surface area contributed by atoms with E-state index < -0.39 is 0 Å². The first-order valence-corrected chi connectivity index (χ1v) is 12.9. The molecular formula is C29H23N5O2S. The molecule has 0 fully saturated rings. The SMILES string of the molecule is O=[N+]([O-])c1ccc2c(CSc3nnc(Cc4cccc5ccccc45)n3Cc3ccccc3)c[nH]c2c1. The summed E-state index contributed by atoms with van der Waals surface area (Å²) in [5, 5.41) is 24.6. The summed E-state index contributed by atoms with van der Waals surface area (Å²) in [5.74, 6) is 1.58. The number of nitrogens with zero attached hydrogens (tertiary/aromatic N) is 4. The van der Waals surface area contributed by atoms with Crippen molar-refractivity contribution in [2.45, 2.75) is 23.9 Å². The Morgan fingerprint density at radius 1 is 0.865 bits per heavy atom. The minimum atomic E-state index is -0.377. The number of aromatic nitrogens is 4. The van der Waals surface area contributed by atoms with Gasteiger partial charge in [0.1, 0.15) is 5.82 Å². The zero-order valence-corrected chi connectivity index (χ0v) is 20.7. The highest BCUT2D eigenvalue weighted by molar-refractivity contribution is 7.98. The lowest BCUT2D eigenvalue weighted by Crippen LogP contribution is -2.07.